The van der Waals surface area contributed by atoms with Gasteiger partial charge in [0.25, 0.3) is 5.91 Å². The highest BCUT2D eigenvalue weighted by atomic mass is 32.2. The lowest BCUT2D eigenvalue weighted by molar-refractivity contribution is -0.138. The van der Waals surface area contributed by atoms with Crippen molar-refractivity contribution in [1.29, 1.82) is 0 Å². The van der Waals surface area contributed by atoms with Crippen molar-refractivity contribution in [2.24, 2.45) is 17.8 Å². The van der Waals surface area contributed by atoms with Crippen LogP contribution in [0.4, 0.5) is 0 Å². The smallest absolute Gasteiger partial charge is 0.304 e. The van der Waals surface area contributed by atoms with Gasteiger partial charge >= 0.3 is 5.97 Å². The molecule has 1 saturated heterocycles. The van der Waals surface area contributed by atoms with E-state index in [1.807, 2.05) is 12.1 Å². The van der Waals surface area contributed by atoms with Gasteiger partial charge in [0.2, 0.25) is 0 Å². The largest absolute Gasteiger partial charge is 0.481 e. The standard InChI is InChI=1S/C27H39N3O5S2/c1-3-9-36-25-20(5-6-21(29-25)26(15-22(31)32)7-4-8-28-16-26)24(33)30-23-18-10-17-11-19(23)14-27(12-17,13-18)37(2,34)35/h5-6,17-19,23,28H,3-4,7-16H2,1-2H3,(H,30,33)(H,31,32)/t17?,18?,19?,23?,26-,27?/m0/s1. The number of carboxylic acid groups (broad SMARTS) is 1. The zero-order valence-electron chi connectivity index (χ0n) is 21.8. The summed E-state index contributed by atoms with van der Waals surface area (Å²) < 4.78 is 24.8. The maximum absolute atomic E-state index is 13.7. The highest BCUT2D eigenvalue weighted by molar-refractivity contribution is 7.99. The molecular formula is C27H39N3O5S2. The summed E-state index contributed by atoms with van der Waals surface area (Å²) in [6.45, 7) is 3.51. The first-order valence-electron chi connectivity index (χ1n) is 13.6. The number of hydrogen-bond donors (Lipinski definition) is 3. The average molecular weight is 550 g/mol. The predicted octanol–water partition coefficient (Wildman–Crippen LogP) is 3.40. The van der Waals surface area contributed by atoms with E-state index in [9.17, 15) is 23.1 Å². The Hall–Kier alpha value is -1.65. The number of nitrogens with one attached hydrogen (secondary N) is 2. The molecule has 5 fully saturated rings. The molecule has 0 spiro atoms. The molecule has 3 atom stereocenters. The van der Waals surface area contributed by atoms with Crippen LogP contribution in [0.5, 0.6) is 0 Å². The molecule has 204 valence electrons. The topological polar surface area (TPSA) is 125 Å². The molecule has 4 aliphatic carbocycles. The third kappa shape index (κ3) is 5.05. The van der Waals surface area contributed by atoms with Gasteiger partial charge in [-0.1, -0.05) is 6.92 Å². The summed E-state index contributed by atoms with van der Waals surface area (Å²) in [7, 11) is -3.15. The third-order valence-corrected chi connectivity index (χ3v) is 12.6. The van der Waals surface area contributed by atoms with Crippen molar-refractivity contribution in [2.75, 3.05) is 25.1 Å². The number of nitrogens with zero attached hydrogens (tertiary/aromatic N) is 1. The molecule has 1 aromatic heterocycles. The fourth-order valence-corrected chi connectivity index (χ4v) is 10.3. The molecule has 6 rings (SSSR count). The maximum atomic E-state index is 13.7. The first-order valence-corrected chi connectivity index (χ1v) is 16.5. The zero-order valence-corrected chi connectivity index (χ0v) is 23.4. The van der Waals surface area contributed by atoms with E-state index >= 15 is 0 Å². The lowest BCUT2D eigenvalue weighted by Gasteiger charge is -2.59. The third-order valence-electron chi connectivity index (χ3n) is 9.35. The van der Waals surface area contributed by atoms with Crippen molar-refractivity contribution >= 4 is 33.5 Å². The van der Waals surface area contributed by atoms with Crippen LogP contribution in [0.15, 0.2) is 17.2 Å². The Bertz CT molecular complexity index is 1150. The number of sulfone groups is 1. The first-order chi connectivity index (χ1) is 17.6. The molecule has 5 aliphatic rings. The number of thioether (sulfide) groups is 1. The van der Waals surface area contributed by atoms with Gasteiger partial charge in [-0.25, -0.2) is 13.4 Å². The normalized spacial score (nSPS) is 34.9. The Kier molecular flexibility index (Phi) is 7.39. The molecule has 2 unspecified atom stereocenters. The van der Waals surface area contributed by atoms with Crippen LogP contribution >= 0.6 is 11.8 Å². The molecule has 37 heavy (non-hydrogen) atoms. The lowest BCUT2D eigenvalue weighted by atomic mass is 9.53. The minimum Gasteiger partial charge on any atom is -0.481 e. The molecule has 4 saturated carbocycles. The minimum atomic E-state index is -3.15. The zero-order chi connectivity index (χ0) is 26.4. The lowest BCUT2D eigenvalue weighted by Crippen LogP contribution is -2.63. The summed E-state index contributed by atoms with van der Waals surface area (Å²) in [6, 6.07) is 3.65. The van der Waals surface area contributed by atoms with Gasteiger partial charge in [-0.05, 0) is 93.6 Å². The Morgan fingerprint density at radius 1 is 1.22 bits per heavy atom. The number of hydrogen-bond acceptors (Lipinski definition) is 7. The predicted molar refractivity (Wildman–Crippen MR) is 144 cm³/mol. The van der Waals surface area contributed by atoms with E-state index in [-0.39, 0.29) is 30.2 Å². The summed E-state index contributed by atoms with van der Waals surface area (Å²) in [6.07, 6.45) is 7.98. The first kappa shape index (κ1) is 26.9. The molecule has 3 N–H and O–H groups in total. The Morgan fingerprint density at radius 3 is 2.54 bits per heavy atom. The van der Waals surface area contributed by atoms with E-state index < -0.39 is 26.0 Å². The second kappa shape index (κ2) is 10.2. The van der Waals surface area contributed by atoms with E-state index in [0.717, 1.165) is 56.5 Å². The van der Waals surface area contributed by atoms with E-state index in [0.29, 0.717) is 35.9 Å². The van der Waals surface area contributed by atoms with Crippen molar-refractivity contribution in [1.82, 2.24) is 15.6 Å². The van der Waals surface area contributed by atoms with E-state index in [2.05, 4.69) is 17.6 Å². The minimum absolute atomic E-state index is 0.00507. The summed E-state index contributed by atoms with van der Waals surface area (Å²) >= 11 is 1.55. The molecule has 10 heteroatoms. The van der Waals surface area contributed by atoms with Crippen LogP contribution in [0, 0.1) is 17.8 Å². The van der Waals surface area contributed by atoms with Crippen molar-refractivity contribution in [3.05, 3.63) is 23.4 Å². The van der Waals surface area contributed by atoms with Gasteiger partial charge < -0.3 is 15.7 Å². The van der Waals surface area contributed by atoms with Crippen LogP contribution in [0.3, 0.4) is 0 Å². The second-order valence-electron chi connectivity index (χ2n) is 12.0. The number of pyridine rings is 1. The maximum Gasteiger partial charge on any atom is 0.304 e. The Balaban J connectivity index is 1.40. The summed E-state index contributed by atoms with van der Waals surface area (Å²) in [5.41, 5.74) is 0.687. The molecule has 1 aliphatic heterocycles. The monoisotopic (exact) mass is 549 g/mol. The van der Waals surface area contributed by atoms with Gasteiger partial charge in [-0.2, -0.15) is 0 Å². The fourth-order valence-electron chi connectivity index (χ4n) is 7.80. The summed E-state index contributed by atoms with van der Waals surface area (Å²) in [5.74, 6) is 0.633. The molecule has 4 bridgehead atoms. The number of carbonyl (C=O) groups excluding carboxylic acids is 1. The van der Waals surface area contributed by atoms with Gasteiger partial charge in [0.15, 0.2) is 9.84 Å². The van der Waals surface area contributed by atoms with E-state index in [1.54, 1.807) is 11.8 Å². The van der Waals surface area contributed by atoms with Gasteiger partial charge in [-0.15, -0.1) is 11.8 Å². The molecule has 1 amide bonds. The van der Waals surface area contributed by atoms with Crippen LogP contribution in [-0.2, 0) is 20.0 Å². The highest BCUT2D eigenvalue weighted by Gasteiger charge is 2.59. The summed E-state index contributed by atoms with van der Waals surface area (Å²) in [5, 5.41) is 16.9. The van der Waals surface area contributed by atoms with Crippen LogP contribution in [0.2, 0.25) is 0 Å². The average Bonchev–Trinajstić information content (AvgIpc) is 2.83. The van der Waals surface area contributed by atoms with Crippen LogP contribution < -0.4 is 10.6 Å². The van der Waals surface area contributed by atoms with Crippen molar-refractivity contribution in [3.8, 4) is 0 Å². The number of carbonyl (C=O) groups is 2. The van der Waals surface area contributed by atoms with Crippen LogP contribution in [0.1, 0.15) is 80.8 Å². The number of rotatable bonds is 9. The number of carboxylic acids is 1. The number of aliphatic carboxylic acids is 1. The van der Waals surface area contributed by atoms with Gasteiger partial charge in [0.05, 0.1) is 16.7 Å². The quantitative estimate of drug-likeness (QED) is 0.400. The van der Waals surface area contributed by atoms with Crippen molar-refractivity contribution in [3.63, 3.8) is 0 Å². The second-order valence-corrected chi connectivity index (χ2v) is 15.4. The molecule has 2 heterocycles. The molecule has 1 aromatic rings. The molecule has 0 radical (unpaired) electrons. The van der Waals surface area contributed by atoms with E-state index in [4.69, 9.17) is 4.98 Å². The van der Waals surface area contributed by atoms with Gasteiger partial charge in [0, 0.05) is 30.0 Å². The number of piperidine rings is 1. The number of aromatic nitrogens is 1. The molecule has 0 aromatic carbocycles. The fraction of sp³-hybridized carbons (Fsp3) is 0.741. The molecule has 8 nitrogen and oxygen atoms in total. The van der Waals surface area contributed by atoms with Crippen molar-refractivity contribution in [2.45, 2.75) is 85.9 Å². The van der Waals surface area contributed by atoms with Gasteiger partial charge in [0.1, 0.15) is 5.03 Å². The SMILES string of the molecule is CCCSc1nc([C@]2(CC(=O)O)CCCNC2)ccc1C(=O)NC1C2CC3CC1CC(S(C)(=O)=O)(C3)C2. The van der Waals surface area contributed by atoms with E-state index in [1.165, 1.54) is 6.26 Å². The van der Waals surface area contributed by atoms with Crippen LogP contribution in [0.25, 0.3) is 0 Å². The highest BCUT2D eigenvalue weighted by Crippen LogP contribution is 2.58. The summed E-state index contributed by atoms with van der Waals surface area (Å²) in [4.78, 5) is 30.3. The van der Waals surface area contributed by atoms with Gasteiger partial charge in [-0.3, -0.25) is 9.59 Å². The Labute approximate surface area is 224 Å². The molecular weight excluding hydrogens is 510 g/mol. The number of amides is 1. The van der Waals surface area contributed by atoms with Crippen molar-refractivity contribution < 1.29 is 23.1 Å². The van der Waals surface area contributed by atoms with Crippen LogP contribution in [-0.4, -0.2) is 66.3 Å². The Morgan fingerprint density at radius 2 is 1.95 bits per heavy atom.